The minimum Gasteiger partial charge on any atom is -0.393 e. The summed E-state index contributed by atoms with van der Waals surface area (Å²) in [4.78, 5) is 24.5. The van der Waals surface area contributed by atoms with Crippen LogP contribution in [0.4, 0.5) is 0 Å². The van der Waals surface area contributed by atoms with Gasteiger partial charge in [0.25, 0.3) is 0 Å². The van der Waals surface area contributed by atoms with Gasteiger partial charge in [0.05, 0.1) is 23.2 Å². The molecule has 5 heteroatoms. The molecule has 2 fully saturated rings. The molecule has 0 spiro atoms. The van der Waals surface area contributed by atoms with Crippen LogP contribution in [-0.2, 0) is 14.3 Å². The van der Waals surface area contributed by atoms with Crippen molar-refractivity contribution >= 4 is 11.7 Å². The van der Waals surface area contributed by atoms with Crippen LogP contribution in [0, 0.1) is 11.3 Å². The van der Waals surface area contributed by atoms with E-state index in [1.807, 2.05) is 41.5 Å². The Morgan fingerprint density at radius 2 is 1.39 bits per heavy atom. The Hall–Kier alpha value is -0.940. The third-order valence-corrected chi connectivity index (χ3v) is 6.82. The predicted molar refractivity (Wildman–Crippen MR) is 113 cm³/mol. The first-order chi connectivity index (χ1) is 13.0. The molecule has 0 heterocycles. The van der Waals surface area contributed by atoms with E-state index in [0.717, 1.165) is 51.4 Å². The summed E-state index contributed by atoms with van der Waals surface area (Å²) in [6.07, 6.45) is 6.59. The summed E-state index contributed by atoms with van der Waals surface area (Å²) in [5.74, 6) is 0.449. The molecule has 164 valence electrons. The van der Waals surface area contributed by atoms with Crippen molar-refractivity contribution in [3.05, 3.63) is 0 Å². The Balaban J connectivity index is 0.00000190. The SMILES string of the molecule is CC.CC(=O)C1CCC(NC(=O)C(C)(C)C(C)(C)OC2CCC(O)CC2)CC1. The maximum atomic E-state index is 13.0. The molecule has 0 aliphatic heterocycles. The molecule has 2 saturated carbocycles. The number of rotatable bonds is 6. The van der Waals surface area contributed by atoms with Crippen molar-refractivity contribution in [1.29, 1.82) is 0 Å². The van der Waals surface area contributed by atoms with E-state index in [1.54, 1.807) is 6.92 Å². The van der Waals surface area contributed by atoms with Gasteiger partial charge in [-0.25, -0.2) is 0 Å². The number of ether oxygens (including phenoxy) is 1. The van der Waals surface area contributed by atoms with Gasteiger partial charge in [0, 0.05) is 12.0 Å². The summed E-state index contributed by atoms with van der Waals surface area (Å²) in [6.45, 7) is 13.5. The molecule has 2 rings (SSSR count). The van der Waals surface area contributed by atoms with Gasteiger partial charge < -0.3 is 15.2 Å². The molecule has 0 aromatic heterocycles. The third kappa shape index (κ3) is 6.55. The Morgan fingerprint density at radius 1 is 0.893 bits per heavy atom. The lowest BCUT2D eigenvalue weighted by Gasteiger charge is -2.44. The Labute approximate surface area is 172 Å². The predicted octanol–water partition coefficient (Wildman–Crippen LogP) is 4.40. The molecular weight excluding hydrogens is 354 g/mol. The van der Waals surface area contributed by atoms with E-state index in [4.69, 9.17) is 4.74 Å². The number of amides is 1. The van der Waals surface area contributed by atoms with E-state index in [-0.39, 0.29) is 35.9 Å². The van der Waals surface area contributed by atoms with E-state index in [1.165, 1.54) is 0 Å². The Bertz CT molecular complexity index is 499. The summed E-state index contributed by atoms with van der Waals surface area (Å²) >= 11 is 0. The smallest absolute Gasteiger partial charge is 0.228 e. The number of hydrogen-bond acceptors (Lipinski definition) is 4. The Kier molecular flexibility index (Phi) is 9.61. The fourth-order valence-electron chi connectivity index (χ4n) is 4.01. The molecule has 0 atom stereocenters. The van der Waals surface area contributed by atoms with Gasteiger partial charge in [0.1, 0.15) is 5.78 Å². The molecule has 0 radical (unpaired) electrons. The van der Waals surface area contributed by atoms with Crippen LogP contribution in [0.5, 0.6) is 0 Å². The molecule has 0 aromatic carbocycles. The fraction of sp³-hybridized carbons (Fsp3) is 0.913. The zero-order valence-electron chi connectivity index (χ0n) is 19.1. The zero-order chi connectivity index (χ0) is 21.5. The van der Waals surface area contributed by atoms with Crippen LogP contribution in [0.15, 0.2) is 0 Å². The first-order valence-corrected chi connectivity index (χ1v) is 11.2. The number of aliphatic hydroxyl groups excluding tert-OH is 1. The highest BCUT2D eigenvalue weighted by Crippen LogP contribution is 2.38. The highest BCUT2D eigenvalue weighted by atomic mass is 16.5. The normalized spacial score (nSPS) is 28.7. The van der Waals surface area contributed by atoms with Crippen molar-refractivity contribution in [2.24, 2.45) is 11.3 Å². The van der Waals surface area contributed by atoms with Crippen LogP contribution in [0.2, 0.25) is 0 Å². The molecule has 0 aromatic rings. The summed E-state index contributed by atoms with van der Waals surface area (Å²) in [6, 6.07) is 0.151. The average Bonchev–Trinajstić information content (AvgIpc) is 2.65. The van der Waals surface area contributed by atoms with Crippen LogP contribution < -0.4 is 5.32 Å². The lowest BCUT2D eigenvalue weighted by Crippen LogP contribution is -2.55. The highest BCUT2D eigenvalue weighted by molar-refractivity contribution is 5.83. The molecule has 0 unspecified atom stereocenters. The third-order valence-electron chi connectivity index (χ3n) is 6.82. The van der Waals surface area contributed by atoms with Crippen LogP contribution in [0.25, 0.3) is 0 Å². The minimum atomic E-state index is -0.666. The summed E-state index contributed by atoms with van der Waals surface area (Å²) < 4.78 is 6.33. The van der Waals surface area contributed by atoms with E-state index in [2.05, 4.69) is 5.32 Å². The van der Waals surface area contributed by atoms with E-state index >= 15 is 0 Å². The number of ketones is 1. The number of hydrogen-bond donors (Lipinski definition) is 2. The van der Waals surface area contributed by atoms with Crippen LogP contribution in [0.1, 0.15) is 99.8 Å². The van der Waals surface area contributed by atoms with Gasteiger partial charge in [-0.2, -0.15) is 0 Å². The average molecular weight is 398 g/mol. The summed E-state index contributed by atoms with van der Waals surface area (Å²) in [5.41, 5.74) is -1.26. The van der Waals surface area contributed by atoms with Crippen molar-refractivity contribution in [3.63, 3.8) is 0 Å². The second-order valence-corrected chi connectivity index (χ2v) is 9.32. The maximum Gasteiger partial charge on any atom is 0.228 e. The largest absolute Gasteiger partial charge is 0.393 e. The molecule has 0 bridgehead atoms. The highest BCUT2D eigenvalue weighted by Gasteiger charge is 2.46. The van der Waals surface area contributed by atoms with Crippen molar-refractivity contribution in [3.8, 4) is 0 Å². The van der Waals surface area contributed by atoms with Crippen LogP contribution >= 0.6 is 0 Å². The molecule has 0 saturated heterocycles. The van der Waals surface area contributed by atoms with Crippen molar-refractivity contribution < 1.29 is 19.4 Å². The lowest BCUT2D eigenvalue weighted by molar-refractivity contribution is -0.169. The second kappa shape index (κ2) is 10.7. The van der Waals surface area contributed by atoms with Gasteiger partial charge in [-0.3, -0.25) is 9.59 Å². The molecule has 28 heavy (non-hydrogen) atoms. The van der Waals surface area contributed by atoms with Gasteiger partial charge in [0.15, 0.2) is 0 Å². The monoisotopic (exact) mass is 397 g/mol. The standard InChI is InChI=1S/C21H37NO4.C2H6/c1-14(23)15-6-8-16(9-7-15)22-19(25)20(2,3)21(4,5)26-18-12-10-17(24)11-13-18;1-2/h15-18,24H,6-13H2,1-5H3,(H,22,25);1-2H3. The first kappa shape index (κ1) is 25.1. The molecular formula is C23H43NO4. The molecule has 2 aliphatic carbocycles. The van der Waals surface area contributed by atoms with Gasteiger partial charge in [-0.1, -0.05) is 13.8 Å². The van der Waals surface area contributed by atoms with Crippen molar-refractivity contribution in [2.45, 2.75) is 124 Å². The van der Waals surface area contributed by atoms with E-state index in [9.17, 15) is 14.7 Å². The van der Waals surface area contributed by atoms with Crippen molar-refractivity contribution in [1.82, 2.24) is 5.32 Å². The second-order valence-electron chi connectivity index (χ2n) is 9.32. The number of carbonyl (C=O) groups excluding carboxylic acids is 2. The molecule has 2 aliphatic rings. The van der Waals surface area contributed by atoms with Crippen molar-refractivity contribution in [2.75, 3.05) is 0 Å². The van der Waals surface area contributed by atoms with Gasteiger partial charge in [-0.05, 0) is 86.0 Å². The number of nitrogens with one attached hydrogen (secondary N) is 1. The van der Waals surface area contributed by atoms with Crippen LogP contribution in [-0.4, -0.2) is 40.6 Å². The quantitative estimate of drug-likeness (QED) is 0.696. The Morgan fingerprint density at radius 3 is 1.86 bits per heavy atom. The summed E-state index contributed by atoms with van der Waals surface area (Å²) in [7, 11) is 0. The minimum absolute atomic E-state index is 0.0182. The maximum absolute atomic E-state index is 13.0. The fourth-order valence-corrected chi connectivity index (χ4v) is 4.01. The first-order valence-electron chi connectivity index (χ1n) is 11.2. The zero-order valence-corrected chi connectivity index (χ0v) is 19.1. The van der Waals surface area contributed by atoms with Crippen LogP contribution in [0.3, 0.4) is 0 Å². The number of Topliss-reactive ketones (excluding diaryl/α,β-unsaturated/α-hetero) is 1. The van der Waals surface area contributed by atoms with Gasteiger partial charge >= 0.3 is 0 Å². The summed E-state index contributed by atoms with van der Waals surface area (Å²) in [5, 5.41) is 12.9. The number of carbonyl (C=O) groups is 2. The lowest BCUT2D eigenvalue weighted by atomic mass is 9.75. The van der Waals surface area contributed by atoms with E-state index < -0.39 is 11.0 Å². The van der Waals surface area contributed by atoms with Gasteiger partial charge in [0.2, 0.25) is 5.91 Å². The molecule has 2 N–H and O–H groups in total. The molecule has 1 amide bonds. The topological polar surface area (TPSA) is 75.6 Å². The molecule has 5 nitrogen and oxygen atoms in total. The number of aliphatic hydroxyl groups is 1. The van der Waals surface area contributed by atoms with Gasteiger partial charge in [-0.15, -0.1) is 0 Å². The van der Waals surface area contributed by atoms with E-state index in [0.29, 0.717) is 0 Å².